The van der Waals surface area contributed by atoms with Crippen LogP contribution < -0.4 is 4.74 Å². The molecule has 1 aromatic heterocycles. The van der Waals surface area contributed by atoms with E-state index < -0.39 is 11.4 Å². The molecule has 5 heteroatoms. The van der Waals surface area contributed by atoms with Gasteiger partial charge in [0.05, 0.1) is 12.8 Å². The first kappa shape index (κ1) is 14.5. The summed E-state index contributed by atoms with van der Waals surface area (Å²) in [5, 5.41) is 11.9. The fourth-order valence-corrected chi connectivity index (χ4v) is 2.80. The number of carboxylic acid groups (broad SMARTS) is 1. The molecule has 0 aliphatic rings. The van der Waals surface area contributed by atoms with Crippen molar-refractivity contribution in [1.29, 1.82) is 0 Å². The number of carboxylic acids is 1. The molecule has 1 aromatic carbocycles. The number of methoxy groups -OCH3 is 1. The van der Waals surface area contributed by atoms with Gasteiger partial charge in [-0.3, -0.25) is 4.79 Å². The van der Waals surface area contributed by atoms with Crippen LogP contribution in [0.25, 0.3) is 10.6 Å². The molecule has 0 aliphatic heterocycles. The zero-order chi connectivity index (χ0) is 14.9. The van der Waals surface area contributed by atoms with Crippen molar-refractivity contribution in [3.63, 3.8) is 0 Å². The zero-order valence-electron chi connectivity index (χ0n) is 11.9. The topological polar surface area (TPSA) is 59.4 Å². The van der Waals surface area contributed by atoms with Crippen LogP contribution in [0.1, 0.15) is 25.1 Å². The molecule has 1 heterocycles. The van der Waals surface area contributed by atoms with Crippen LogP contribution in [0, 0.1) is 6.92 Å². The highest BCUT2D eigenvalue weighted by Crippen LogP contribution is 2.32. The summed E-state index contributed by atoms with van der Waals surface area (Å²) < 4.78 is 5.23. The highest BCUT2D eigenvalue weighted by atomic mass is 32.1. The number of hydrogen-bond donors (Lipinski definition) is 1. The maximum Gasteiger partial charge on any atom is 0.315 e. The van der Waals surface area contributed by atoms with Crippen LogP contribution in [0.15, 0.2) is 23.6 Å². The number of carbonyl (C=O) groups is 1. The van der Waals surface area contributed by atoms with Gasteiger partial charge in [0.1, 0.15) is 16.2 Å². The Morgan fingerprint density at radius 3 is 2.65 bits per heavy atom. The molecule has 4 nitrogen and oxygen atoms in total. The molecule has 0 atom stereocenters. The first-order valence-corrected chi connectivity index (χ1v) is 7.08. The lowest BCUT2D eigenvalue weighted by Crippen LogP contribution is -2.28. The van der Waals surface area contributed by atoms with Crippen molar-refractivity contribution in [2.75, 3.05) is 7.11 Å². The lowest BCUT2D eigenvalue weighted by atomic mass is 9.90. The van der Waals surface area contributed by atoms with E-state index in [0.29, 0.717) is 5.69 Å². The number of ether oxygens (including phenoxy) is 1. The van der Waals surface area contributed by atoms with E-state index in [-0.39, 0.29) is 0 Å². The van der Waals surface area contributed by atoms with Gasteiger partial charge in [0, 0.05) is 10.9 Å². The van der Waals surface area contributed by atoms with Crippen LogP contribution in [0.4, 0.5) is 0 Å². The number of aliphatic carboxylic acids is 1. The van der Waals surface area contributed by atoms with Crippen LogP contribution in [0.3, 0.4) is 0 Å². The predicted octanol–water partition coefficient (Wildman–Crippen LogP) is 3.49. The Morgan fingerprint density at radius 1 is 1.40 bits per heavy atom. The summed E-state index contributed by atoms with van der Waals surface area (Å²) in [4.78, 5) is 15.7. The minimum atomic E-state index is -0.976. The van der Waals surface area contributed by atoms with Crippen molar-refractivity contribution in [2.24, 2.45) is 0 Å². The van der Waals surface area contributed by atoms with Crippen LogP contribution in [-0.2, 0) is 10.2 Å². The maximum atomic E-state index is 11.3. The van der Waals surface area contributed by atoms with E-state index in [2.05, 4.69) is 4.98 Å². The van der Waals surface area contributed by atoms with E-state index in [1.165, 1.54) is 11.3 Å². The van der Waals surface area contributed by atoms with Gasteiger partial charge in [-0.2, -0.15) is 0 Å². The molecule has 0 fully saturated rings. The van der Waals surface area contributed by atoms with Crippen LogP contribution in [0.5, 0.6) is 5.75 Å². The molecule has 0 radical (unpaired) electrons. The smallest absolute Gasteiger partial charge is 0.315 e. The molecule has 2 aromatic rings. The second-order valence-electron chi connectivity index (χ2n) is 5.15. The molecule has 0 unspecified atom stereocenters. The van der Waals surface area contributed by atoms with Gasteiger partial charge in [0.25, 0.3) is 0 Å². The highest BCUT2D eigenvalue weighted by molar-refractivity contribution is 7.13. The average Bonchev–Trinajstić information content (AvgIpc) is 2.88. The van der Waals surface area contributed by atoms with Crippen molar-refractivity contribution in [2.45, 2.75) is 26.2 Å². The number of benzene rings is 1. The minimum absolute atomic E-state index is 0.582. The summed E-state index contributed by atoms with van der Waals surface area (Å²) in [5.41, 5.74) is 1.61. The van der Waals surface area contributed by atoms with E-state index in [1.807, 2.05) is 30.5 Å². The summed E-state index contributed by atoms with van der Waals surface area (Å²) in [6, 6.07) is 5.82. The zero-order valence-corrected chi connectivity index (χ0v) is 12.7. The summed E-state index contributed by atoms with van der Waals surface area (Å²) >= 11 is 1.45. The third-order valence-corrected chi connectivity index (χ3v) is 4.21. The molecule has 106 valence electrons. The summed E-state index contributed by atoms with van der Waals surface area (Å²) in [5.74, 6) is -0.0448. The number of hydrogen-bond acceptors (Lipinski definition) is 4. The lowest BCUT2D eigenvalue weighted by Gasteiger charge is -2.15. The van der Waals surface area contributed by atoms with Crippen molar-refractivity contribution in [3.05, 3.63) is 34.8 Å². The van der Waals surface area contributed by atoms with Crippen molar-refractivity contribution >= 4 is 17.3 Å². The van der Waals surface area contributed by atoms with Crippen LogP contribution >= 0.6 is 11.3 Å². The first-order valence-electron chi connectivity index (χ1n) is 6.20. The van der Waals surface area contributed by atoms with Gasteiger partial charge in [-0.05, 0) is 44.5 Å². The highest BCUT2D eigenvalue weighted by Gasteiger charge is 2.32. The van der Waals surface area contributed by atoms with Crippen molar-refractivity contribution < 1.29 is 14.6 Å². The Hall–Kier alpha value is -1.88. The second-order valence-corrected chi connectivity index (χ2v) is 6.01. The van der Waals surface area contributed by atoms with Gasteiger partial charge in [-0.1, -0.05) is 0 Å². The maximum absolute atomic E-state index is 11.3. The second kappa shape index (κ2) is 5.25. The van der Waals surface area contributed by atoms with E-state index >= 15 is 0 Å². The van der Waals surface area contributed by atoms with E-state index in [4.69, 9.17) is 4.74 Å². The van der Waals surface area contributed by atoms with Gasteiger partial charge in [-0.15, -0.1) is 11.3 Å². The van der Waals surface area contributed by atoms with Gasteiger partial charge < -0.3 is 9.84 Å². The largest absolute Gasteiger partial charge is 0.496 e. The quantitative estimate of drug-likeness (QED) is 0.936. The Bertz CT molecular complexity index is 646. The number of aromatic nitrogens is 1. The minimum Gasteiger partial charge on any atom is -0.496 e. The molecular weight excluding hydrogens is 274 g/mol. The standard InChI is InChI=1S/C15H17NO3S/c1-9-7-10(5-6-11(9)19-4)13-16-12(8-20-13)15(2,3)14(17)18/h5-8H,1-4H3,(H,17,18). The third kappa shape index (κ3) is 2.54. The molecule has 0 saturated carbocycles. The molecule has 0 amide bonds. The molecule has 0 aliphatic carbocycles. The molecule has 20 heavy (non-hydrogen) atoms. The monoisotopic (exact) mass is 291 g/mol. The molecule has 0 bridgehead atoms. The van der Waals surface area contributed by atoms with E-state index in [0.717, 1.165) is 21.9 Å². The lowest BCUT2D eigenvalue weighted by molar-refractivity contribution is -0.142. The summed E-state index contributed by atoms with van der Waals surface area (Å²) in [7, 11) is 1.64. The first-order chi connectivity index (χ1) is 9.36. The van der Waals surface area contributed by atoms with Gasteiger partial charge in [-0.25, -0.2) is 4.98 Å². The third-order valence-electron chi connectivity index (χ3n) is 3.32. The molecule has 0 saturated heterocycles. The summed E-state index contributed by atoms with van der Waals surface area (Å²) in [6.45, 7) is 5.29. The number of aryl methyl sites for hydroxylation is 1. The SMILES string of the molecule is COc1ccc(-c2nc(C(C)(C)C(=O)O)cs2)cc1C. The van der Waals surface area contributed by atoms with Crippen LogP contribution in [0.2, 0.25) is 0 Å². The van der Waals surface area contributed by atoms with Gasteiger partial charge >= 0.3 is 5.97 Å². The van der Waals surface area contributed by atoms with E-state index in [9.17, 15) is 9.90 Å². The average molecular weight is 291 g/mol. The Labute approximate surface area is 122 Å². The predicted molar refractivity (Wildman–Crippen MR) is 79.5 cm³/mol. The number of nitrogens with zero attached hydrogens (tertiary/aromatic N) is 1. The Balaban J connectivity index is 2.39. The van der Waals surface area contributed by atoms with Gasteiger partial charge in [0.2, 0.25) is 0 Å². The van der Waals surface area contributed by atoms with Gasteiger partial charge in [0.15, 0.2) is 0 Å². The van der Waals surface area contributed by atoms with Crippen molar-refractivity contribution in [3.8, 4) is 16.3 Å². The molecule has 1 N–H and O–H groups in total. The molecule has 2 rings (SSSR count). The Kier molecular flexibility index (Phi) is 3.81. The molecular formula is C15H17NO3S. The number of thiazole rings is 1. The van der Waals surface area contributed by atoms with E-state index in [1.54, 1.807) is 21.0 Å². The number of rotatable bonds is 4. The summed E-state index contributed by atoms with van der Waals surface area (Å²) in [6.07, 6.45) is 0. The molecule has 0 spiro atoms. The Morgan fingerprint density at radius 2 is 2.10 bits per heavy atom. The fraction of sp³-hybridized carbons (Fsp3) is 0.333. The fourth-order valence-electron chi connectivity index (χ4n) is 1.81. The van der Waals surface area contributed by atoms with Crippen molar-refractivity contribution in [1.82, 2.24) is 4.98 Å². The van der Waals surface area contributed by atoms with Crippen LogP contribution in [-0.4, -0.2) is 23.2 Å². The normalized spacial score (nSPS) is 11.4.